The van der Waals surface area contributed by atoms with Gasteiger partial charge in [0.15, 0.2) is 0 Å². The number of hydrogen-bond donors (Lipinski definition) is 0. The lowest BCUT2D eigenvalue weighted by Gasteiger charge is -2.17. The van der Waals surface area contributed by atoms with Crippen LogP contribution < -0.4 is 0 Å². The van der Waals surface area contributed by atoms with Crippen LogP contribution in [0.3, 0.4) is 0 Å². The zero-order valence-corrected chi connectivity index (χ0v) is 24.2. The normalized spacial score (nSPS) is 12.2. The Morgan fingerprint density at radius 3 is 2.40 bits per heavy atom. The average molecular weight is 560 g/mol. The molecule has 0 fully saturated rings. The van der Waals surface area contributed by atoms with Crippen molar-refractivity contribution < 1.29 is 4.42 Å². The van der Waals surface area contributed by atoms with E-state index in [1.165, 1.54) is 47.8 Å². The van der Waals surface area contributed by atoms with Crippen molar-refractivity contribution in [2.45, 2.75) is 20.8 Å². The second kappa shape index (κ2) is 8.51. The first kappa shape index (κ1) is 23.7. The van der Waals surface area contributed by atoms with E-state index < -0.39 is 0 Å². The monoisotopic (exact) mass is 559 g/mol. The maximum Gasteiger partial charge on any atom is 0.227 e. The van der Waals surface area contributed by atoms with Crippen LogP contribution in [0.25, 0.3) is 81.1 Å². The summed E-state index contributed by atoms with van der Waals surface area (Å²) >= 11 is 1.87. The summed E-state index contributed by atoms with van der Waals surface area (Å²) in [6.07, 6.45) is 0. The SMILES string of the molecule is Cc1ccc2c(n1)oc1c(-c3nc4ccc5ccccc5c4n3-c3c(C)cc4c(sc5ccccc54)c3C)cccc12. The van der Waals surface area contributed by atoms with Crippen LogP contribution in [0, 0.1) is 20.8 Å². The van der Waals surface area contributed by atoms with Crippen LogP contribution in [0.15, 0.2) is 101 Å². The molecule has 0 aliphatic carbocycles. The lowest BCUT2D eigenvalue weighted by Crippen LogP contribution is -2.03. The van der Waals surface area contributed by atoms with Gasteiger partial charge in [-0.15, -0.1) is 11.3 Å². The first-order valence-corrected chi connectivity index (χ1v) is 15.0. The quantitative estimate of drug-likeness (QED) is 0.212. The van der Waals surface area contributed by atoms with Gasteiger partial charge in [-0.3, -0.25) is 4.57 Å². The van der Waals surface area contributed by atoms with Gasteiger partial charge in [-0.2, -0.15) is 0 Å². The molecule has 0 bridgehead atoms. The Labute approximate surface area is 245 Å². The van der Waals surface area contributed by atoms with E-state index in [-0.39, 0.29) is 0 Å². The predicted molar refractivity (Wildman–Crippen MR) is 176 cm³/mol. The summed E-state index contributed by atoms with van der Waals surface area (Å²) in [4.78, 5) is 10.0. The van der Waals surface area contributed by atoms with Crippen molar-refractivity contribution in [3.63, 3.8) is 0 Å². The Morgan fingerprint density at radius 1 is 0.690 bits per heavy atom. The Hall–Kier alpha value is -5.00. The first-order chi connectivity index (χ1) is 20.6. The second-order valence-electron chi connectivity index (χ2n) is 11.2. The molecule has 0 N–H and O–H groups in total. The van der Waals surface area contributed by atoms with Gasteiger partial charge in [0, 0.05) is 42.0 Å². The maximum atomic E-state index is 6.50. The highest BCUT2D eigenvalue weighted by Crippen LogP contribution is 2.44. The van der Waals surface area contributed by atoms with Crippen molar-refractivity contribution in [2.24, 2.45) is 0 Å². The number of pyridine rings is 1. The molecule has 9 aromatic rings. The summed E-state index contributed by atoms with van der Waals surface area (Å²) in [5.74, 6) is 0.870. The van der Waals surface area contributed by atoms with Gasteiger partial charge in [0.1, 0.15) is 11.4 Å². The Bertz CT molecular complexity index is 2570. The largest absolute Gasteiger partial charge is 0.437 e. The highest BCUT2D eigenvalue weighted by atomic mass is 32.1. The number of para-hydroxylation sites is 1. The number of nitrogens with zero attached hydrogens (tertiary/aromatic N) is 3. The fourth-order valence-electron chi connectivity index (χ4n) is 6.70. The molecular formula is C37H25N3OS. The molecule has 5 heteroatoms. The van der Waals surface area contributed by atoms with Gasteiger partial charge in [-0.05, 0) is 73.7 Å². The van der Waals surface area contributed by atoms with Gasteiger partial charge in [-0.25, -0.2) is 9.97 Å². The van der Waals surface area contributed by atoms with Crippen molar-refractivity contribution in [3.05, 3.63) is 114 Å². The fraction of sp³-hybridized carbons (Fsp3) is 0.0811. The Balaban J connectivity index is 1.46. The summed E-state index contributed by atoms with van der Waals surface area (Å²) in [6.45, 7) is 6.48. The number of thiophene rings is 1. The molecule has 0 atom stereocenters. The maximum absolute atomic E-state index is 6.50. The zero-order valence-electron chi connectivity index (χ0n) is 23.4. The molecule has 9 rings (SSSR count). The third kappa shape index (κ3) is 3.17. The molecule has 4 heterocycles. The minimum atomic E-state index is 0.657. The third-order valence-electron chi connectivity index (χ3n) is 8.57. The molecule has 0 unspecified atom stereocenters. The van der Waals surface area contributed by atoms with Crippen molar-refractivity contribution >= 4 is 75.4 Å². The van der Waals surface area contributed by atoms with Crippen molar-refractivity contribution in [3.8, 4) is 17.1 Å². The van der Waals surface area contributed by atoms with E-state index in [1.54, 1.807) is 0 Å². The van der Waals surface area contributed by atoms with Crippen molar-refractivity contribution in [1.82, 2.24) is 14.5 Å². The first-order valence-electron chi connectivity index (χ1n) is 14.2. The summed E-state index contributed by atoms with van der Waals surface area (Å²) in [7, 11) is 0. The molecule has 0 aliphatic rings. The van der Waals surface area contributed by atoms with Crippen LogP contribution in [0.2, 0.25) is 0 Å². The Morgan fingerprint density at radius 2 is 1.50 bits per heavy atom. The molecule has 0 amide bonds. The molecule has 5 aromatic carbocycles. The van der Waals surface area contributed by atoms with Crippen LogP contribution in [0.4, 0.5) is 0 Å². The lowest BCUT2D eigenvalue weighted by atomic mass is 10.0. The van der Waals surface area contributed by atoms with Gasteiger partial charge in [0.05, 0.1) is 22.3 Å². The molecule has 0 radical (unpaired) electrons. The van der Waals surface area contributed by atoms with Crippen LogP contribution in [-0.2, 0) is 0 Å². The number of aryl methyl sites for hydroxylation is 3. The number of imidazole rings is 1. The molecule has 0 aliphatic heterocycles. The van der Waals surface area contributed by atoms with Crippen molar-refractivity contribution in [2.75, 3.05) is 0 Å². The summed E-state index contributed by atoms with van der Waals surface area (Å²) in [6, 6.07) is 34.4. The molecule has 42 heavy (non-hydrogen) atoms. The minimum absolute atomic E-state index is 0.657. The second-order valence-corrected chi connectivity index (χ2v) is 12.2. The van der Waals surface area contributed by atoms with E-state index in [4.69, 9.17) is 14.4 Å². The average Bonchev–Trinajstić information content (AvgIpc) is 3.69. The van der Waals surface area contributed by atoms with Gasteiger partial charge in [0.2, 0.25) is 5.71 Å². The summed E-state index contributed by atoms with van der Waals surface area (Å²) in [5, 5.41) is 7.06. The highest BCUT2D eigenvalue weighted by molar-refractivity contribution is 7.26. The molecular weight excluding hydrogens is 534 g/mol. The van der Waals surface area contributed by atoms with E-state index >= 15 is 0 Å². The van der Waals surface area contributed by atoms with E-state index in [0.29, 0.717) is 5.71 Å². The minimum Gasteiger partial charge on any atom is -0.437 e. The number of rotatable bonds is 2. The van der Waals surface area contributed by atoms with E-state index in [0.717, 1.165) is 44.5 Å². The number of furan rings is 1. The number of hydrogen-bond acceptors (Lipinski definition) is 4. The topological polar surface area (TPSA) is 43.9 Å². The van der Waals surface area contributed by atoms with Crippen LogP contribution in [0.5, 0.6) is 0 Å². The standard InChI is InChI=1S/C37H25N3OS/c1-20-19-29-25-11-6-7-14-31(25)42-35(29)22(3)32(20)40-33-24-10-5-4-9-23(24)16-18-30(33)39-36(40)28-13-8-12-26-27-17-15-21(2)38-37(27)41-34(26)28/h4-19H,1-3H3. The molecule has 4 aromatic heterocycles. The molecule has 0 spiro atoms. The zero-order chi connectivity index (χ0) is 28.1. The van der Waals surface area contributed by atoms with Crippen molar-refractivity contribution in [1.29, 1.82) is 0 Å². The smallest absolute Gasteiger partial charge is 0.227 e. The van der Waals surface area contributed by atoms with Gasteiger partial charge >= 0.3 is 0 Å². The lowest BCUT2D eigenvalue weighted by molar-refractivity contribution is 0.653. The number of benzene rings is 5. The van der Waals surface area contributed by atoms with E-state index in [9.17, 15) is 0 Å². The summed E-state index contributed by atoms with van der Waals surface area (Å²) < 4.78 is 11.5. The fourth-order valence-corrected chi connectivity index (χ4v) is 7.89. The predicted octanol–water partition coefficient (Wildman–Crippen LogP) is 10.4. The highest BCUT2D eigenvalue weighted by Gasteiger charge is 2.24. The van der Waals surface area contributed by atoms with Gasteiger partial charge in [0.25, 0.3) is 0 Å². The number of fused-ring (bicyclic) bond motifs is 9. The van der Waals surface area contributed by atoms with Gasteiger partial charge < -0.3 is 4.42 Å². The van der Waals surface area contributed by atoms with Gasteiger partial charge in [-0.1, -0.05) is 60.7 Å². The Kier molecular flexibility index (Phi) is 4.80. The van der Waals surface area contributed by atoms with E-state index in [2.05, 4.69) is 109 Å². The molecule has 4 nitrogen and oxygen atoms in total. The third-order valence-corrected chi connectivity index (χ3v) is 9.88. The van der Waals surface area contributed by atoms with Crippen LogP contribution in [-0.4, -0.2) is 14.5 Å². The molecule has 0 saturated heterocycles. The van der Waals surface area contributed by atoms with Crippen LogP contribution in [0.1, 0.15) is 16.8 Å². The number of aromatic nitrogens is 3. The molecule has 0 saturated carbocycles. The van der Waals surface area contributed by atoms with E-state index in [1.807, 2.05) is 24.3 Å². The summed E-state index contributed by atoms with van der Waals surface area (Å²) in [5.41, 5.74) is 9.07. The van der Waals surface area contributed by atoms with Crippen LogP contribution >= 0.6 is 11.3 Å². The molecule has 200 valence electrons.